The van der Waals surface area contributed by atoms with Gasteiger partial charge in [0.15, 0.2) is 0 Å². The van der Waals surface area contributed by atoms with Gasteiger partial charge in [-0.15, -0.1) is 0 Å². The summed E-state index contributed by atoms with van der Waals surface area (Å²) in [7, 11) is 2.05. The van der Waals surface area contributed by atoms with Crippen LogP contribution >= 0.6 is 0 Å². The summed E-state index contributed by atoms with van der Waals surface area (Å²) in [5.41, 5.74) is 6.63. The van der Waals surface area contributed by atoms with Crippen LogP contribution in [0.15, 0.2) is 24.3 Å². The maximum atomic E-state index is 13.5. The van der Waals surface area contributed by atoms with Gasteiger partial charge in [0, 0.05) is 24.7 Å². The molecular weight excluding hydrogens is 203 g/mol. The highest BCUT2D eigenvalue weighted by Gasteiger charge is 2.23. The van der Waals surface area contributed by atoms with E-state index in [1.54, 1.807) is 12.1 Å². The molecule has 3 heteroatoms. The lowest BCUT2D eigenvalue weighted by molar-refractivity contribution is 0.298. The summed E-state index contributed by atoms with van der Waals surface area (Å²) < 4.78 is 13.5. The van der Waals surface area contributed by atoms with E-state index in [9.17, 15) is 4.39 Å². The van der Waals surface area contributed by atoms with Gasteiger partial charge in [0.1, 0.15) is 5.82 Å². The van der Waals surface area contributed by atoms with Crippen LogP contribution in [0.3, 0.4) is 0 Å². The largest absolute Gasteiger partial charge is 0.323 e. The van der Waals surface area contributed by atoms with Crippen LogP contribution < -0.4 is 5.73 Å². The van der Waals surface area contributed by atoms with Crippen molar-refractivity contribution in [2.45, 2.75) is 18.9 Å². The Bertz CT molecular complexity index is 350. The first-order chi connectivity index (χ1) is 7.66. The molecule has 0 aromatic heterocycles. The maximum Gasteiger partial charge on any atom is 0.128 e. The van der Waals surface area contributed by atoms with Gasteiger partial charge < -0.3 is 10.6 Å². The van der Waals surface area contributed by atoms with E-state index in [0.29, 0.717) is 5.56 Å². The Labute approximate surface area is 96.2 Å². The first-order valence-corrected chi connectivity index (χ1v) is 5.85. The normalized spacial score (nSPS) is 17.8. The fraction of sp³-hybridized carbons (Fsp3) is 0.538. The number of hydrogen-bond donors (Lipinski definition) is 1. The fourth-order valence-electron chi connectivity index (χ4n) is 2.03. The molecule has 1 aliphatic carbocycles. The van der Waals surface area contributed by atoms with Gasteiger partial charge in [0.25, 0.3) is 0 Å². The highest BCUT2D eigenvalue weighted by atomic mass is 19.1. The van der Waals surface area contributed by atoms with Crippen molar-refractivity contribution in [3.05, 3.63) is 35.6 Å². The minimum absolute atomic E-state index is 0.199. The third-order valence-corrected chi connectivity index (χ3v) is 3.08. The van der Waals surface area contributed by atoms with Gasteiger partial charge in [-0.3, -0.25) is 0 Å². The number of halogens is 1. The number of rotatable bonds is 5. The molecule has 0 amide bonds. The van der Waals surface area contributed by atoms with E-state index in [2.05, 4.69) is 11.9 Å². The minimum atomic E-state index is -0.232. The zero-order chi connectivity index (χ0) is 11.5. The summed E-state index contributed by atoms with van der Waals surface area (Å²) in [5.74, 6) is 0.646. The lowest BCUT2D eigenvalue weighted by Gasteiger charge is -2.21. The van der Waals surface area contributed by atoms with Gasteiger partial charge in [-0.1, -0.05) is 18.2 Å². The van der Waals surface area contributed by atoms with Crippen molar-refractivity contribution < 1.29 is 4.39 Å². The smallest absolute Gasteiger partial charge is 0.128 e. The summed E-state index contributed by atoms with van der Waals surface area (Å²) in [4.78, 5) is 2.20. The first-order valence-electron chi connectivity index (χ1n) is 5.85. The standard InChI is InChI=1S/C13H19FN2/c1-16(8-10-6-7-10)9-13(15)11-4-2-3-5-12(11)14/h2-5,10,13H,6-9,15H2,1H3. The van der Waals surface area contributed by atoms with E-state index in [4.69, 9.17) is 5.73 Å². The third-order valence-electron chi connectivity index (χ3n) is 3.08. The van der Waals surface area contributed by atoms with Crippen LogP contribution in [0, 0.1) is 11.7 Å². The Kier molecular flexibility index (Phi) is 3.56. The van der Waals surface area contributed by atoms with Crippen LogP contribution in [0.4, 0.5) is 4.39 Å². The second-order valence-electron chi connectivity index (χ2n) is 4.79. The molecule has 1 fully saturated rings. The predicted molar refractivity (Wildman–Crippen MR) is 63.5 cm³/mol. The molecule has 1 atom stereocenters. The second-order valence-corrected chi connectivity index (χ2v) is 4.79. The Morgan fingerprint density at radius 3 is 2.75 bits per heavy atom. The topological polar surface area (TPSA) is 29.3 Å². The molecule has 0 aliphatic heterocycles. The van der Waals surface area contributed by atoms with Gasteiger partial charge >= 0.3 is 0 Å². The molecule has 1 aliphatic rings. The molecule has 16 heavy (non-hydrogen) atoms. The highest BCUT2D eigenvalue weighted by Crippen LogP contribution is 2.29. The molecule has 88 valence electrons. The molecule has 2 rings (SSSR count). The zero-order valence-corrected chi connectivity index (χ0v) is 9.70. The zero-order valence-electron chi connectivity index (χ0n) is 9.70. The molecule has 1 unspecified atom stereocenters. The molecule has 1 aromatic rings. The summed E-state index contributed by atoms with van der Waals surface area (Å²) >= 11 is 0. The van der Waals surface area contributed by atoms with E-state index in [1.807, 2.05) is 6.07 Å². The molecule has 1 saturated carbocycles. The second kappa shape index (κ2) is 4.93. The molecule has 2 nitrogen and oxygen atoms in total. The molecule has 0 heterocycles. The maximum absolute atomic E-state index is 13.5. The van der Waals surface area contributed by atoms with Gasteiger partial charge in [-0.25, -0.2) is 4.39 Å². The monoisotopic (exact) mass is 222 g/mol. The van der Waals surface area contributed by atoms with Gasteiger partial charge in [-0.05, 0) is 31.9 Å². The molecule has 0 saturated heterocycles. The van der Waals surface area contributed by atoms with Crippen molar-refractivity contribution >= 4 is 0 Å². The Morgan fingerprint density at radius 2 is 2.12 bits per heavy atom. The lowest BCUT2D eigenvalue weighted by Crippen LogP contribution is -2.31. The van der Waals surface area contributed by atoms with Crippen LogP contribution in [0.5, 0.6) is 0 Å². The number of nitrogens with zero attached hydrogens (tertiary/aromatic N) is 1. The van der Waals surface area contributed by atoms with Crippen molar-refractivity contribution in [3.8, 4) is 0 Å². The Balaban J connectivity index is 1.91. The van der Waals surface area contributed by atoms with Crippen molar-refractivity contribution in [2.24, 2.45) is 11.7 Å². The summed E-state index contributed by atoms with van der Waals surface area (Å²) in [6, 6.07) is 6.53. The average Bonchev–Trinajstić information content (AvgIpc) is 3.01. The highest BCUT2D eigenvalue weighted by molar-refractivity contribution is 5.21. The van der Waals surface area contributed by atoms with Gasteiger partial charge in [-0.2, -0.15) is 0 Å². The van der Waals surface area contributed by atoms with Crippen molar-refractivity contribution in [3.63, 3.8) is 0 Å². The minimum Gasteiger partial charge on any atom is -0.323 e. The lowest BCUT2D eigenvalue weighted by atomic mass is 10.1. The quantitative estimate of drug-likeness (QED) is 0.827. The third kappa shape index (κ3) is 3.03. The van der Waals surface area contributed by atoms with Crippen LogP contribution in [0.1, 0.15) is 24.4 Å². The first kappa shape index (κ1) is 11.6. The fourth-order valence-corrected chi connectivity index (χ4v) is 2.03. The van der Waals surface area contributed by atoms with Crippen LogP contribution in [0.2, 0.25) is 0 Å². The molecular formula is C13H19FN2. The van der Waals surface area contributed by atoms with E-state index in [-0.39, 0.29) is 11.9 Å². The average molecular weight is 222 g/mol. The predicted octanol–water partition coefficient (Wildman–Crippen LogP) is 2.17. The summed E-state index contributed by atoms with van der Waals surface area (Å²) in [6.45, 7) is 1.81. The number of nitrogens with two attached hydrogens (primary N) is 1. The number of hydrogen-bond acceptors (Lipinski definition) is 2. The molecule has 0 bridgehead atoms. The van der Waals surface area contributed by atoms with Gasteiger partial charge in [0.2, 0.25) is 0 Å². The molecule has 2 N–H and O–H groups in total. The van der Waals surface area contributed by atoms with Crippen molar-refractivity contribution in [2.75, 3.05) is 20.1 Å². The summed E-state index contributed by atoms with van der Waals surface area (Å²) in [5, 5.41) is 0. The van der Waals surface area contributed by atoms with Crippen molar-refractivity contribution in [1.29, 1.82) is 0 Å². The van der Waals surface area contributed by atoms with E-state index in [1.165, 1.54) is 18.9 Å². The summed E-state index contributed by atoms with van der Waals surface area (Å²) in [6.07, 6.45) is 2.67. The number of likely N-dealkylation sites (N-methyl/N-ethyl adjacent to an activating group) is 1. The van der Waals surface area contributed by atoms with E-state index < -0.39 is 0 Å². The van der Waals surface area contributed by atoms with Crippen LogP contribution in [-0.4, -0.2) is 25.0 Å². The van der Waals surface area contributed by atoms with E-state index in [0.717, 1.165) is 19.0 Å². The molecule has 0 spiro atoms. The molecule has 1 aromatic carbocycles. The van der Waals surface area contributed by atoms with Crippen molar-refractivity contribution in [1.82, 2.24) is 4.90 Å². The SMILES string of the molecule is CN(CC1CC1)CC(N)c1ccccc1F. The van der Waals surface area contributed by atoms with Gasteiger partial charge in [0.05, 0.1) is 0 Å². The van der Waals surface area contributed by atoms with Crippen LogP contribution in [-0.2, 0) is 0 Å². The van der Waals surface area contributed by atoms with E-state index >= 15 is 0 Å². The Morgan fingerprint density at radius 1 is 1.44 bits per heavy atom. The number of benzene rings is 1. The molecule has 0 radical (unpaired) electrons. The Hall–Kier alpha value is -0.930. The van der Waals surface area contributed by atoms with Crippen LogP contribution in [0.25, 0.3) is 0 Å².